The van der Waals surface area contributed by atoms with E-state index >= 15 is 0 Å². The number of nitrogens with one attached hydrogen (secondary N) is 2. The molecule has 0 atom stereocenters. The van der Waals surface area contributed by atoms with Crippen LogP contribution in [0.2, 0.25) is 0 Å². The van der Waals surface area contributed by atoms with E-state index in [0.717, 1.165) is 43.0 Å². The Bertz CT molecular complexity index is 662. The van der Waals surface area contributed by atoms with Crippen molar-refractivity contribution < 1.29 is 0 Å². The number of hydrogen-bond donors (Lipinski definition) is 3. The van der Waals surface area contributed by atoms with Crippen LogP contribution in [0.5, 0.6) is 0 Å². The highest BCUT2D eigenvalue weighted by molar-refractivity contribution is 7.12. The molecule has 0 saturated heterocycles. The van der Waals surface area contributed by atoms with Crippen molar-refractivity contribution in [2.75, 3.05) is 26.7 Å². The highest BCUT2D eigenvalue weighted by Gasteiger charge is 2.08. The quantitative estimate of drug-likeness (QED) is 0.345. The SMILES string of the molecule is CNCCNCCCc1cc(N=C(N)c2cccs2)ccc1C(C)C. The minimum absolute atomic E-state index is 0.514. The predicted molar refractivity (Wildman–Crippen MR) is 110 cm³/mol. The highest BCUT2D eigenvalue weighted by atomic mass is 32.1. The standard InChI is InChI=1S/C20H30N4S/c1-15(2)18-9-8-17(24-20(21)19-7-5-13-25-19)14-16(18)6-4-10-23-12-11-22-3/h5,7-9,13-15,22-23H,4,6,10-12H2,1-3H3,(H2,21,24). The summed E-state index contributed by atoms with van der Waals surface area (Å²) in [7, 11) is 1.98. The minimum atomic E-state index is 0.514. The maximum absolute atomic E-state index is 6.13. The Labute approximate surface area is 155 Å². The molecule has 0 radical (unpaired) electrons. The summed E-state index contributed by atoms with van der Waals surface area (Å²) in [4.78, 5) is 5.63. The summed E-state index contributed by atoms with van der Waals surface area (Å²) in [5.41, 5.74) is 9.86. The lowest BCUT2D eigenvalue weighted by Gasteiger charge is -2.14. The Morgan fingerprint density at radius 1 is 1.20 bits per heavy atom. The predicted octanol–water partition coefficient (Wildman–Crippen LogP) is 3.65. The molecule has 0 spiro atoms. The maximum atomic E-state index is 6.13. The number of nitrogens with zero attached hydrogens (tertiary/aromatic N) is 1. The van der Waals surface area contributed by atoms with E-state index in [1.807, 2.05) is 24.6 Å². The van der Waals surface area contributed by atoms with E-state index in [-0.39, 0.29) is 0 Å². The smallest absolute Gasteiger partial charge is 0.141 e. The molecule has 1 aromatic carbocycles. The fourth-order valence-electron chi connectivity index (χ4n) is 2.80. The lowest BCUT2D eigenvalue weighted by molar-refractivity contribution is 0.623. The van der Waals surface area contributed by atoms with Crippen molar-refractivity contribution in [2.45, 2.75) is 32.6 Å². The van der Waals surface area contributed by atoms with Crippen LogP contribution in [-0.4, -0.2) is 32.5 Å². The molecule has 1 heterocycles. The van der Waals surface area contributed by atoms with Crippen LogP contribution >= 0.6 is 11.3 Å². The normalized spacial score (nSPS) is 12.1. The molecule has 0 saturated carbocycles. The lowest BCUT2D eigenvalue weighted by atomic mass is 9.94. The highest BCUT2D eigenvalue weighted by Crippen LogP contribution is 2.26. The van der Waals surface area contributed by atoms with E-state index in [4.69, 9.17) is 5.73 Å². The molecule has 5 heteroatoms. The number of hydrogen-bond acceptors (Lipinski definition) is 4. The summed E-state index contributed by atoms with van der Waals surface area (Å²) in [5.74, 6) is 1.10. The Morgan fingerprint density at radius 2 is 2.04 bits per heavy atom. The van der Waals surface area contributed by atoms with Gasteiger partial charge in [0.1, 0.15) is 5.84 Å². The third-order valence-corrected chi connectivity index (χ3v) is 5.02. The fraction of sp³-hybridized carbons (Fsp3) is 0.450. The average Bonchev–Trinajstić information content (AvgIpc) is 3.12. The largest absolute Gasteiger partial charge is 0.383 e. The Balaban J connectivity index is 2.06. The monoisotopic (exact) mass is 358 g/mol. The molecule has 4 N–H and O–H groups in total. The number of nitrogens with two attached hydrogens (primary N) is 1. The zero-order chi connectivity index (χ0) is 18.1. The summed E-state index contributed by atoms with van der Waals surface area (Å²) in [6.45, 7) is 7.53. The summed E-state index contributed by atoms with van der Waals surface area (Å²) in [6.07, 6.45) is 2.18. The van der Waals surface area contributed by atoms with Crippen LogP contribution in [0.25, 0.3) is 0 Å². The van der Waals surface area contributed by atoms with Gasteiger partial charge in [0.25, 0.3) is 0 Å². The van der Waals surface area contributed by atoms with Crippen molar-refractivity contribution in [3.05, 3.63) is 51.7 Å². The maximum Gasteiger partial charge on any atom is 0.141 e. The summed E-state index contributed by atoms with van der Waals surface area (Å²) in [6, 6.07) is 10.5. The molecule has 136 valence electrons. The van der Waals surface area contributed by atoms with Crippen LogP contribution in [0.15, 0.2) is 40.7 Å². The first kappa shape index (κ1) is 19.6. The number of thiophene rings is 1. The topological polar surface area (TPSA) is 62.4 Å². The lowest BCUT2D eigenvalue weighted by Crippen LogP contribution is -2.25. The van der Waals surface area contributed by atoms with Gasteiger partial charge in [0.05, 0.1) is 10.6 Å². The molecule has 0 bridgehead atoms. The number of aliphatic imine (C=N–C) groups is 1. The van der Waals surface area contributed by atoms with Crippen molar-refractivity contribution in [1.29, 1.82) is 0 Å². The van der Waals surface area contributed by atoms with E-state index in [9.17, 15) is 0 Å². The number of rotatable bonds is 10. The van der Waals surface area contributed by atoms with Crippen LogP contribution in [-0.2, 0) is 6.42 Å². The zero-order valence-electron chi connectivity index (χ0n) is 15.5. The first-order valence-electron chi connectivity index (χ1n) is 8.98. The Kier molecular flexibility index (Phi) is 8.12. The molecule has 0 aliphatic carbocycles. The second kappa shape index (κ2) is 10.3. The number of likely N-dealkylation sites (N-methyl/N-ethyl adjacent to an activating group) is 1. The van der Waals surface area contributed by atoms with Gasteiger partial charge in [-0.05, 0) is 67.1 Å². The molecule has 1 aromatic heterocycles. The van der Waals surface area contributed by atoms with E-state index in [1.165, 1.54) is 11.1 Å². The van der Waals surface area contributed by atoms with Gasteiger partial charge in [0.2, 0.25) is 0 Å². The van der Waals surface area contributed by atoms with Gasteiger partial charge in [-0.3, -0.25) is 0 Å². The van der Waals surface area contributed by atoms with Gasteiger partial charge in [0.15, 0.2) is 0 Å². The van der Waals surface area contributed by atoms with E-state index < -0.39 is 0 Å². The molecule has 4 nitrogen and oxygen atoms in total. The van der Waals surface area contributed by atoms with Crippen LogP contribution in [0.3, 0.4) is 0 Å². The zero-order valence-corrected chi connectivity index (χ0v) is 16.3. The van der Waals surface area contributed by atoms with Gasteiger partial charge >= 0.3 is 0 Å². The van der Waals surface area contributed by atoms with Crippen molar-refractivity contribution in [1.82, 2.24) is 10.6 Å². The van der Waals surface area contributed by atoms with Gasteiger partial charge in [-0.15, -0.1) is 11.3 Å². The second-order valence-electron chi connectivity index (χ2n) is 6.47. The van der Waals surface area contributed by atoms with Gasteiger partial charge in [0, 0.05) is 13.1 Å². The molecule has 2 rings (SSSR count). The molecule has 0 fully saturated rings. The Hall–Kier alpha value is -1.69. The van der Waals surface area contributed by atoms with Crippen molar-refractivity contribution in [3.8, 4) is 0 Å². The van der Waals surface area contributed by atoms with Gasteiger partial charge in [-0.2, -0.15) is 0 Å². The number of benzene rings is 1. The minimum Gasteiger partial charge on any atom is -0.383 e. The second-order valence-corrected chi connectivity index (χ2v) is 7.42. The van der Waals surface area contributed by atoms with Crippen LogP contribution < -0.4 is 16.4 Å². The van der Waals surface area contributed by atoms with Crippen LogP contribution in [0, 0.1) is 0 Å². The number of aryl methyl sites for hydroxylation is 1. The van der Waals surface area contributed by atoms with E-state index in [0.29, 0.717) is 11.8 Å². The van der Waals surface area contributed by atoms with Crippen molar-refractivity contribution >= 4 is 22.9 Å². The fourth-order valence-corrected chi connectivity index (χ4v) is 3.43. The van der Waals surface area contributed by atoms with Gasteiger partial charge in [-0.25, -0.2) is 4.99 Å². The van der Waals surface area contributed by atoms with Crippen LogP contribution in [0.4, 0.5) is 5.69 Å². The third-order valence-electron chi connectivity index (χ3n) is 4.12. The van der Waals surface area contributed by atoms with E-state index in [1.54, 1.807) is 11.3 Å². The average molecular weight is 359 g/mol. The molecule has 2 aromatic rings. The molecule has 0 aliphatic rings. The van der Waals surface area contributed by atoms with Gasteiger partial charge < -0.3 is 16.4 Å². The van der Waals surface area contributed by atoms with Crippen molar-refractivity contribution in [2.24, 2.45) is 10.7 Å². The third kappa shape index (κ3) is 6.27. The van der Waals surface area contributed by atoms with Crippen molar-refractivity contribution in [3.63, 3.8) is 0 Å². The summed E-state index contributed by atoms with van der Waals surface area (Å²) in [5, 5.41) is 8.63. The number of amidine groups is 1. The summed E-state index contributed by atoms with van der Waals surface area (Å²) >= 11 is 1.62. The Morgan fingerprint density at radius 3 is 2.72 bits per heavy atom. The molecule has 0 amide bonds. The van der Waals surface area contributed by atoms with Crippen LogP contribution in [0.1, 0.15) is 42.2 Å². The first-order valence-corrected chi connectivity index (χ1v) is 9.86. The molecule has 0 unspecified atom stereocenters. The summed E-state index contributed by atoms with van der Waals surface area (Å²) < 4.78 is 0. The van der Waals surface area contributed by atoms with E-state index in [2.05, 4.69) is 47.7 Å². The molecule has 25 heavy (non-hydrogen) atoms. The molecular formula is C20H30N4S. The molecular weight excluding hydrogens is 328 g/mol. The van der Waals surface area contributed by atoms with Gasteiger partial charge in [-0.1, -0.05) is 26.0 Å². The molecule has 0 aliphatic heterocycles. The first-order chi connectivity index (χ1) is 12.1.